The first-order chi connectivity index (χ1) is 13.5. The molecule has 146 valence electrons. The molecule has 0 aliphatic heterocycles. The molecule has 0 bridgehead atoms. The van der Waals surface area contributed by atoms with Crippen molar-refractivity contribution in [2.24, 2.45) is 0 Å². The summed E-state index contributed by atoms with van der Waals surface area (Å²) < 4.78 is 16.6. The largest absolute Gasteiger partial charge is 0.493 e. The number of hydrogen-bond acceptors (Lipinski definition) is 7. The van der Waals surface area contributed by atoms with Crippen LogP contribution in [-0.2, 0) is 4.79 Å². The van der Waals surface area contributed by atoms with Crippen LogP contribution in [0.2, 0.25) is 4.34 Å². The van der Waals surface area contributed by atoms with Crippen LogP contribution in [0.1, 0.15) is 5.56 Å². The molecule has 0 unspecified atom stereocenters. The topological polar surface area (TPSA) is 69.7 Å². The van der Waals surface area contributed by atoms with Gasteiger partial charge < -0.3 is 14.2 Å². The molecular formula is C19H17ClN2O4S2. The lowest BCUT2D eigenvalue weighted by atomic mass is 10.1. The van der Waals surface area contributed by atoms with Crippen LogP contribution in [0.3, 0.4) is 0 Å². The predicted molar refractivity (Wildman–Crippen MR) is 114 cm³/mol. The Bertz CT molecular complexity index is 988. The third-order valence-corrected chi connectivity index (χ3v) is 5.69. The van der Waals surface area contributed by atoms with Crippen LogP contribution in [0.5, 0.6) is 17.2 Å². The van der Waals surface area contributed by atoms with Crippen LogP contribution < -0.4 is 19.5 Å². The molecular weight excluding hydrogens is 420 g/mol. The van der Waals surface area contributed by atoms with E-state index in [4.69, 9.17) is 25.8 Å². The number of rotatable bonds is 7. The minimum absolute atomic E-state index is 0.293. The number of benzene rings is 1. The number of carbonyl (C=O) groups is 1. The van der Waals surface area contributed by atoms with Gasteiger partial charge in [-0.1, -0.05) is 11.6 Å². The minimum atomic E-state index is -0.293. The summed E-state index contributed by atoms with van der Waals surface area (Å²) in [5, 5.41) is 5.14. The van der Waals surface area contributed by atoms with Crippen LogP contribution >= 0.6 is 34.3 Å². The summed E-state index contributed by atoms with van der Waals surface area (Å²) in [6.45, 7) is 0. The molecule has 0 aliphatic rings. The fraction of sp³-hybridized carbons (Fsp3) is 0.158. The van der Waals surface area contributed by atoms with E-state index in [1.54, 1.807) is 18.2 Å². The lowest BCUT2D eigenvalue weighted by molar-refractivity contribution is -0.111. The average molecular weight is 437 g/mol. The molecule has 1 amide bonds. The van der Waals surface area contributed by atoms with Crippen LogP contribution in [0.4, 0.5) is 5.13 Å². The summed E-state index contributed by atoms with van der Waals surface area (Å²) in [5.74, 6) is 1.23. The van der Waals surface area contributed by atoms with Crippen molar-refractivity contribution in [1.82, 2.24) is 4.98 Å². The lowest BCUT2D eigenvalue weighted by Crippen LogP contribution is -2.07. The Labute approximate surface area is 175 Å². The van der Waals surface area contributed by atoms with Crippen molar-refractivity contribution in [1.29, 1.82) is 0 Å². The Hall–Kier alpha value is -2.55. The molecule has 1 aromatic carbocycles. The molecule has 0 radical (unpaired) electrons. The maximum Gasteiger partial charge on any atom is 0.250 e. The Morgan fingerprint density at radius 3 is 2.43 bits per heavy atom. The maximum atomic E-state index is 12.2. The Kier molecular flexibility index (Phi) is 6.56. The Balaban J connectivity index is 1.71. The van der Waals surface area contributed by atoms with Crippen LogP contribution in [-0.4, -0.2) is 32.2 Å². The van der Waals surface area contributed by atoms with E-state index in [1.165, 1.54) is 50.1 Å². The number of hydrogen-bond donors (Lipinski definition) is 1. The van der Waals surface area contributed by atoms with E-state index in [1.807, 2.05) is 17.5 Å². The quantitative estimate of drug-likeness (QED) is 0.515. The highest BCUT2D eigenvalue weighted by molar-refractivity contribution is 7.20. The normalized spacial score (nSPS) is 10.9. The smallest absolute Gasteiger partial charge is 0.250 e. The van der Waals surface area contributed by atoms with Crippen molar-refractivity contribution in [2.75, 3.05) is 26.6 Å². The van der Waals surface area contributed by atoms with Crippen LogP contribution in [0.25, 0.3) is 16.6 Å². The zero-order valence-electron chi connectivity index (χ0n) is 15.3. The van der Waals surface area contributed by atoms with Gasteiger partial charge in [-0.25, -0.2) is 4.98 Å². The van der Waals surface area contributed by atoms with Gasteiger partial charge in [-0.3, -0.25) is 10.1 Å². The molecule has 0 saturated carbocycles. The van der Waals surface area contributed by atoms with E-state index >= 15 is 0 Å². The van der Waals surface area contributed by atoms with Crippen molar-refractivity contribution in [2.45, 2.75) is 0 Å². The molecule has 0 aliphatic carbocycles. The number of amides is 1. The third-order valence-electron chi connectivity index (χ3n) is 3.67. The van der Waals surface area contributed by atoms with Crippen molar-refractivity contribution >= 4 is 51.4 Å². The highest BCUT2D eigenvalue weighted by atomic mass is 35.5. The summed E-state index contributed by atoms with van der Waals surface area (Å²) in [6.07, 6.45) is 3.08. The fourth-order valence-corrected chi connectivity index (χ4v) is 4.20. The monoisotopic (exact) mass is 436 g/mol. The predicted octanol–water partition coefficient (Wildman–Crippen LogP) is 5.20. The standard InChI is InChI=1S/C19H17ClN2O4S2/c1-24-13-8-11(9-14(25-2)18(13)26-3)4-7-17(23)22-19-21-12(10-27-19)15-5-6-16(20)28-15/h4-10H,1-3H3,(H,21,22,23)/b7-4+. The Morgan fingerprint density at radius 2 is 1.86 bits per heavy atom. The molecule has 0 saturated heterocycles. The van der Waals surface area contributed by atoms with E-state index in [0.29, 0.717) is 26.7 Å². The lowest BCUT2D eigenvalue weighted by Gasteiger charge is -2.12. The van der Waals surface area contributed by atoms with Gasteiger partial charge in [0.15, 0.2) is 16.6 Å². The zero-order valence-corrected chi connectivity index (χ0v) is 17.7. The van der Waals surface area contributed by atoms with Crippen LogP contribution in [0, 0.1) is 0 Å². The molecule has 2 heterocycles. The van der Waals surface area contributed by atoms with E-state index in [-0.39, 0.29) is 5.91 Å². The van der Waals surface area contributed by atoms with Crippen molar-refractivity contribution in [3.8, 4) is 27.8 Å². The molecule has 28 heavy (non-hydrogen) atoms. The van der Waals surface area contributed by atoms with E-state index in [9.17, 15) is 4.79 Å². The number of carbonyl (C=O) groups excluding carboxylic acids is 1. The molecule has 9 heteroatoms. The number of ether oxygens (including phenoxy) is 3. The van der Waals surface area contributed by atoms with Gasteiger partial charge in [0.05, 0.1) is 36.2 Å². The maximum absolute atomic E-state index is 12.2. The van der Waals surface area contributed by atoms with Gasteiger partial charge in [-0.2, -0.15) is 0 Å². The van der Waals surface area contributed by atoms with E-state index in [0.717, 1.165) is 16.1 Å². The second-order valence-electron chi connectivity index (χ2n) is 5.42. The highest BCUT2D eigenvalue weighted by Gasteiger charge is 2.12. The first-order valence-corrected chi connectivity index (χ1v) is 10.1. The molecule has 6 nitrogen and oxygen atoms in total. The SMILES string of the molecule is COc1cc(/C=C/C(=O)Nc2nc(-c3ccc(Cl)s3)cs2)cc(OC)c1OC. The second kappa shape index (κ2) is 9.09. The first-order valence-electron chi connectivity index (χ1n) is 8.04. The number of thiophene rings is 1. The zero-order chi connectivity index (χ0) is 20.1. The molecule has 0 fully saturated rings. The fourth-order valence-electron chi connectivity index (χ4n) is 2.41. The molecule has 3 rings (SSSR count). The Morgan fingerprint density at radius 1 is 1.14 bits per heavy atom. The third kappa shape index (κ3) is 4.64. The van der Waals surface area contributed by atoms with E-state index in [2.05, 4.69) is 10.3 Å². The number of thiazole rings is 1. The van der Waals surface area contributed by atoms with Gasteiger partial charge in [-0.15, -0.1) is 22.7 Å². The van der Waals surface area contributed by atoms with Crippen molar-refractivity contribution in [3.05, 3.63) is 45.6 Å². The van der Waals surface area contributed by atoms with Gasteiger partial charge in [-0.05, 0) is 35.9 Å². The number of methoxy groups -OCH3 is 3. The summed E-state index contributed by atoms with van der Waals surface area (Å²) in [6, 6.07) is 7.23. The molecule has 0 spiro atoms. The van der Waals surface area contributed by atoms with Gasteiger partial charge >= 0.3 is 0 Å². The highest BCUT2D eigenvalue weighted by Crippen LogP contribution is 2.38. The molecule has 2 aromatic heterocycles. The van der Waals surface area contributed by atoms with Gasteiger partial charge in [0.2, 0.25) is 11.7 Å². The summed E-state index contributed by atoms with van der Waals surface area (Å²) in [4.78, 5) is 17.6. The summed E-state index contributed by atoms with van der Waals surface area (Å²) >= 11 is 8.74. The number of anilines is 1. The minimum Gasteiger partial charge on any atom is -0.493 e. The first kappa shape index (κ1) is 20.2. The number of halogens is 1. The summed E-state index contributed by atoms with van der Waals surface area (Å²) in [5.41, 5.74) is 1.52. The van der Waals surface area contributed by atoms with Crippen LogP contribution in [0.15, 0.2) is 35.7 Å². The summed E-state index contributed by atoms with van der Waals surface area (Å²) in [7, 11) is 4.62. The molecule has 3 aromatic rings. The number of nitrogens with one attached hydrogen (secondary N) is 1. The van der Waals surface area contributed by atoms with Gasteiger partial charge in [0.25, 0.3) is 0 Å². The number of nitrogens with zero attached hydrogens (tertiary/aromatic N) is 1. The van der Waals surface area contributed by atoms with Gasteiger partial charge in [0.1, 0.15) is 0 Å². The van der Waals surface area contributed by atoms with Crippen molar-refractivity contribution in [3.63, 3.8) is 0 Å². The molecule has 1 N–H and O–H groups in total. The van der Waals surface area contributed by atoms with Gasteiger partial charge in [0, 0.05) is 11.5 Å². The number of aromatic nitrogens is 1. The second-order valence-corrected chi connectivity index (χ2v) is 8.00. The van der Waals surface area contributed by atoms with E-state index < -0.39 is 0 Å². The van der Waals surface area contributed by atoms with Crippen molar-refractivity contribution < 1.29 is 19.0 Å². The molecule has 0 atom stereocenters. The average Bonchev–Trinajstić information content (AvgIpc) is 3.34.